The van der Waals surface area contributed by atoms with Crippen molar-refractivity contribution in [3.63, 3.8) is 0 Å². The molecule has 1 aliphatic carbocycles. The Kier molecular flexibility index (Phi) is 4.94. The van der Waals surface area contributed by atoms with E-state index in [9.17, 15) is 0 Å². The number of benzene rings is 1. The molecule has 2 aromatic heterocycles. The lowest BCUT2D eigenvalue weighted by Crippen LogP contribution is -2.46. The molecule has 5 rings (SSSR count). The van der Waals surface area contributed by atoms with Crippen LogP contribution < -0.4 is 4.90 Å². The zero-order chi connectivity index (χ0) is 19.8. The Bertz CT molecular complexity index is 1060. The van der Waals surface area contributed by atoms with E-state index in [2.05, 4.69) is 39.9 Å². The molecule has 1 aliphatic heterocycles. The first-order chi connectivity index (χ1) is 14.2. The molecule has 0 bridgehead atoms. The summed E-state index contributed by atoms with van der Waals surface area (Å²) >= 11 is 1.88. The molecule has 6 heteroatoms. The predicted octanol–water partition coefficient (Wildman–Crippen LogP) is 4.01. The highest BCUT2D eigenvalue weighted by atomic mass is 32.1. The molecule has 1 atom stereocenters. The molecule has 5 nitrogen and oxygen atoms in total. The minimum absolute atomic E-state index is 0.722. The van der Waals surface area contributed by atoms with Gasteiger partial charge in [0.25, 0.3) is 0 Å². The van der Waals surface area contributed by atoms with Crippen LogP contribution in [0.25, 0.3) is 10.2 Å². The largest absolute Gasteiger partial charge is 0.353 e. The quantitative estimate of drug-likeness (QED) is 0.661. The van der Waals surface area contributed by atoms with Gasteiger partial charge in [-0.25, -0.2) is 9.97 Å². The SMILES string of the molecule is C[C@H]1CCc2c(sc3ncnc(N4CCN(Cc5ccc(C#N)cc5)CC4)c23)C1. The van der Waals surface area contributed by atoms with Gasteiger partial charge in [-0.15, -0.1) is 11.3 Å². The van der Waals surface area contributed by atoms with Crippen molar-refractivity contribution in [2.24, 2.45) is 5.92 Å². The number of thiophene rings is 1. The third-order valence-electron chi connectivity index (χ3n) is 6.23. The second-order valence-electron chi connectivity index (χ2n) is 8.30. The van der Waals surface area contributed by atoms with E-state index in [1.54, 1.807) is 6.33 Å². The average molecular weight is 404 g/mol. The second-order valence-corrected chi connectivity index (χ2v) is 9.38. The molecule has 1 aromatic carbocycles. The number of anilines is 1. The van der Waals surface area contributed by atoms with Crippen molar-refractivity contribution in [3.8, 4) is 6.07 Å². The molecule has 0 unspecified atom stereocenters. The molecule has 148 valence electrons. The van der Waals surface area contributed by atoms with Crippen LogP contribution in [-0.4, -0.2) is 41.0 Å². The standard InChI is InChI=1S/C23H25N5S/c1-16-2-7-19-20(12-16)29-23-21(19)22(25-15-26-23)28-10-8-27(9-11-28)14-18-5-3-17(13-24)4-6-18/h3-6,15-16H,2,7-12,14H2,1H3/t16-/m0/s1. The van der Waals surface area contributed by atoms with Crippen LogP contribution in [0, 0.1) is 17.2 Å². The van der Waals surface area contributed by atoms with E-state index in [0.29, 0.717) is 0 Å². The van der Waals surface area contributed by atoms with Gasteiger partial charge in [0.1, 0.15) is 17.0 Å². The van der Waals surface area contributed by atoms with Crippen molar-refractivity contribution in [3.05, 3.63) is 52.2 Å². The molecule has 0 saturated carbocycles. The van der Waals surface area contributed by atoms with E-state index in [4.69, 9.17) is 10.2 Å². The molecule has 0 radical (unpaired) electrons. The van der Waals surface area contributed by atoms with Gasteiger partial charge in [0.05, 0.1) is 17.0 Å². The molecular formula is C23H25N5S. The number of hydrogen-bond acceptors (Lipinski definition) is 6. The lowest BCUT2D eigenvalue weighted by atomic mass is 9.89. The van der Waals surface area contributed by atoms with Gasteiger partial charge in [-0.05, 0) is 48.4 Å². The highest BCUT2D eigenvalue weighted by Gasteiger charge is 2.26. The highest BCUT2D eigenvalue weighted by Crippen LogP contribution is 2.40. The Hall–Kier alpha value is -2.49. The first-order valence-electron chi connectivity index (χ1n) is 10.4. The minimum atomic E-state index is 0.722. The molecule has 3 heterocycles. The normalized spacial score (nSPS) is 19.9. The first kappa shape index (κ1) is 18.5. The Balaban J connectivity index is 1.32. The van der Waals surface area contributed by atoms with E-state index >= 15 is 0 Å². The summed E-state index contributed by atoms with van der Waals surface area (Å²) in [5, 5.41) is 10.3. The van der Waals surface area contributed by atoms with E-state index < -0.39 is 0 Å². The van der Waals surface area contributed by atoms with Crippen LogP contribution in [0.5, 0.6) is 0 Å². The van der Waals surface area contributed by atoms with Gasteiger partial charge in [-0.2, -0.15) is 5.26 Å². The number of aryl methyl sites for hydroxylation is 1. The Morgan fingerprint density at radius 2 is 1.93 bits per heavy atom. The van der Waals surface area contributed by atoms with Crippen molar-refractivity contribution >= 4 is 27.4 Å². The van der Waals surface area contributed by atoms with E-state index in [1.807, 2.05) is 23.5 Å². The summed E-state index contributed by atoms with van der Waals surface area (Å²) in [5.41, 5.74) is 3.50. The maximum atomic E-state index is 8.96. The van der Waals surface area contributed by atoms with Crippen molar-refractivity contribution in [2.75, 3.05) is 31.1 Å². The van der Waals surface area contributed by atoms with Crippen LogP contribution >= 0.6 is 11.3 Å². The average Bonchev–Trinajstić information content (AvgIpc) is 3.12. The second kappa shape index (κ2) is 7.74. The van der Waals surface area contributed by atoms with Crippen LogP contribution in [0.15, 0.2) is 30.6 Å². The molecule has 1 fully saturated rings. The van der Waals surface area contributed by atoms with Gasteiger partial charge in [0.2, 0.25) is 0 Å². The molecule has 0 N–H and O–H groups in total. The highest BCUT2D eigenvalue weighted by molar-refractivity contribution is 7.19. The molecule has 0 spiro atoms. The number of rotatable bonds is 3. The summed E-state index contributed by atoms with van der Waals surface area (Å²) in [6.45, 7) is 7.31. The first-order valence-corrected chi connectivity index (χ1v) is 11.2. The van der Waals surface area contributed by atoms with Gasteiger partial charge in [0, 0.05) is 37.6 Å². The van der Waals surface area contributed by atoms with Crippen LogP contribution in [0.4, 0.5) is 5.82 Å². The smallest absolute Gasteiger partial charge is 0.141 e. The molecule has 2 aliphatic rings. The van der Waals surface area contributed by atoms with E-state index in [-0.39, 0.29) is 0 Å². The maximum absolute atomic E-state index is 8.96. The summed E-state index contributed by atoms with van der Waals surface area (Å²) in [5.74, 6) is 1.91. The van der Waals surface area contributed by atoms with Crippen molar-refractivity contribution in [1.82, 2.24) is 14.9 Å². The monoisotopic (exact) mass is 403 g/mol. The molecule has 29 heavy (non-hydrogen) atoms. The fourth-order valence-corrected chi connectivity index (χ4v) is 5.90. The van der Waals surface area contributed by atoms with Crippen LogP contribution in [0.3, 0.4) is 0 Å². The number of piperazine rings is 1. The molecule has 0 amide bonds. The van der Waals surface area contributed by atoms with Crippen molar-refractivity contribution in [2.45, 2.75) is 32.7 Å². The fourth-order valence-electron chi connectivity index (χ4n) is 4.56. The van der Waals surface area contributed by atoms with Gasteiger partial charge in [0.15, 0.2) is 0 Å². The van der Waals surface area contributed by atoms with Crippen LogP contribution in [0.2, 0.25) is 0 Å². The zero-order valence-electron chi connectivity index (χ0n) is 16.8. The van der Waals surface area contributed by atoms with Gasteiger partial charge >= 0.3 is 0 Å². The fraction of sp³-hybridized carbons (Fsp3) is 0.435. The Labute approximate surface area is 175 Å². The number of fused-ring (bicyclic) bond motifs is 3. The molecular weight excluding hydrogens is 378 g/mol. The van der Waals surface area contributed by atoms with E-state index in [0.717, 1.165) is 61.3 Å². The Morgan fingerprint density at radius 1 is 1.14 bits per heavy atom. The summed E-state index contributed by atoms with van der Waals surface area (Å²) < 4.78 is 0. The predicted molar refractivity (Wildman–Crippen MR) is 117 cm³/mol. The number of aromatic nitrogens is 2. The van der Waals surface area contributed by atoms with Crippen molar-refractivity contribution in [1.29, 1.82) is 5.26 Å². The summed E-state index contributed by atoms with van der Waals surface area (Å²) in [4.78, 5) is 17.0. The molecule has 3 aromatic rings. The topological polar surface area (TPSA) is 56.1 Å². The number of nitrogens with zero attached hydrogens (tertiary/aromatic N) is 5. The summed E-state index contributed by atoms with van der Waals surface area (Å²) in [7, 11) is 0. The number of hydrogen-bond donors (Lipinski definition) is 0. The zero-order valence-corrected chi connectivity index (χ0v) is 17.6. The van der Waals surface area contributed by atoms with Crippen LogP contribution in [-0.2, 0) is 19.4 Å². The third-order valence-corrected chi connectivity index (χ3v) is 7.40. The number of nitriles is 1. The Morgan fingerprint density at radius 3 is 2.69 bits per heavy atom. The van der Waals surface area contributed by atoms with E-state index in [1.165, 1.54) is 34.2 Å². The molecule has 1 saturated heterocycles. The third kappa shape index (κ3) is 3.61. The summed E-state index contributed by atoms with van der Waals surface area (Å²) in [6.07, 6.45) is 5.36. The maximum Gasteiger partial charge on any atom is 0.141 e. The van der Waals surface area contributed by atoms with Gasteiger partial charge < -0.3 is 4.90 Å². The lowest BCUT2D eigenvalue weighted by Gasteiger charge is -2.35. The van der Waals surface area contributed by atoms with Gasteiger partial charge in [-0.1, -0.05) is 19.1 Å². The van der Waals surface area contributed by atoms with Crippen LogP contribution in [0.1, 0.15) is 34.9 Å². The minimum Gasteiger partial charge on any atom is -0.353 e. The summed E-state index contributed by atoms with van der Waals surface area (Å²) in [6, 6.07) is 10.1. The lowest BCUT2D eigenvalue weighted by molar-refractivity contribution is 0.249. The van der Waals surface area contributed by atoms with Gasteiger partial charge in [-0.3, -0.25) is 4.90 Å². The van der Waals surface area contributed by atoms with Crippen molar-refractivity contribution < 1.29 is 0 Å².